The van der Waals surface area contributed by atoms with Crippen molar-refractivity contribution in [2.75, 3.05) is 20.1 Å². The van der Waals surface area contributed by atoms with E-state index in [1.165, 1.54) is 25.1 Å². The lowest BCUT2D eigenvalue weighted by Gasteiger charge is -2.26. The molecule has 0 aromatic heterocycles. The third-order valence-corrected chi connectivity index (χ3v) is 4.28. The molecule has 0 spiro atoms. The third-order valence-electron chi connectivity index (χ3n) is 4.28. The van der Waals surface area contributed by atoms with Gasteiger partial charge in [-0.05, 0) is 19.3 Å². The molecule has 2 heterocycles. The van der Waals surface area contributed by atoms with Crippen molar-refractivity contribution in [1.29, 1.82) is 0 Å². The smallest absolute Gasteiger partial charge is 0.270 e. The van der Waals surface area contributed by atoms with E-state index in [2.05, 4.69) is 9.48 Å². The predicted octanol–water partition coefficient (Wildman–Crippen LogP) is 1.76. The molecule has 0 amide bonds. The number of benzene rings is 1. The Bertz CT molecular complexity index is 469. The molecule has 0 saturated heterocycles. The molecule has 0 radical (unpaired) electrons. The molecule has 1 N–H and O–H groups in total. The van der Waals surface area contributed by atoms with E-state index in [1.807, 2.05) is 37.4 Å². The molecule has 2 aliphatic rings. The third kappa shape index (κ3) is 1.74. The largest absolute Gasteiger partial charge is 0.346 e. The Labute approximate surface area is 108 Å². The topological polar surface area (TPSA) is 26.5 Å². The highest BCUT2D eigenvalue weighted by molar-refractivity contribution is 5.79. The molecule has 3 rings (SSSR count). The molecule has 0 saturated carbocycles. The minimum Gasteiger partial charge on any atom is -0.346 e. The highest BCUT2D eigenvalue weighted by Crippen LogP contribution is 2.31. The molecule has 3 heteroatoms. The summed E-state index contributed by atoms with van der Waals surface area (Å²) < 4.78 is 2.36. The summed E-state index contributed by atoms with van der Waals surface area (Å²) in [7, 11) is 2.02. The Kier molecular flexibility index (Phi) is 2.86. The van der Waals surface area contributed by atoms with Crippen molar-refractivity contribution in [2.45, 2.75) is 31.4 Å². The summed E-state index contributed by atoms with van der Waals surface area (Å²) in [5, 5.41) is 11.0. The lowest BCUT2D eigenvalue weighted by Crippen LogP contribution is -2.44. The van der Waals surface area contributed by atoms with Gasteiger partial charge in [-0.2, -0.15) is 0 Å². The molecule has 18 heavy (non-hydrogen) atoms. The Morgan fingerprint density at radius 1 is 1.17 bits per heavy atom. The summed E-state index contributed by atoms with van der Waals surface area (Å²) >= 11 is 0. The van der Waals surface area contributed by atoms with Crippen molar-refractivity contribution < 1.29 is 9.68 Å². The Morgan fingerprint density at radius 3 is 2.72 bits per heavy atom. The molecule has 2 aliphatic heterocycles. The standard InChI is InChI=1S/C15H21N2O/c1-16-14-10-6-3-7-11-17(14)12-15(16,18)13-8-4-2-5-9-13/h2,4-5,8-9,18H,3,6-7,10-12H2,1H3/q+1/t15-/m1/s1. The molecule has 96 valence electrons. The molecule has 3 nitrogen and oxygen atoms in total. The van der Waals surface area contributed by atoms with E-state index in [1.54, 1.807) is 0 Å². The highest BCUT2D eigenvalue weighted by atomic mass is 16.3. The van der Waals surface area contributed by atoms with Gasteiger partial charge >= 0.3 is 0 Å². The van der Waals surface area contributed by atoms with Crippen LogP contribution in [0.3, 0.4) is 0 Å². The van der Waals surface area contributed by atoms with Crippen LogP contribution in [0.15, 0.2) is 30.3 Å². The van der Waals surface area contributed by atoms with Crippen molar-refractivity contribution in [1.82, 2.24) is 4.90 Å². The van der Waals surface area contributed by atoms with Crippen LogP contribution in [-0.2, 0) is 5.72 Å². The van der Waals surface area contributed by atoms with Crippen LogP contribution in [0.2, 0.25) is 0 Å². The summed E-state index contributed by atoms with van der Waals surface area (Å²) in [6, 6.07) is 10.0. The van der Waals surface area contributed by atoms with Gasteiger partial charge in [0.25, 0.3) is 5.72 Å². The number of nitrogens with zero attached hydrogens (tertiary/aromatic N) is 2. The highest BCUT2D eigenvalue weighted by Gasteiger charge is 2.50. The number of hydrogen-bond donors (Lipinski definition) is 1. The minimum absolute atomic E-state index is 0.697. The van der Waals surface area contributed by atoms with Crippen LogP contribution >= 0.6 is 0 Å². The van der Waals surface area contributed by atoms with Gasteiger partial charge in [0.1, 0.15) is 0 Å². The maximum atomic E-state index is 11.0. The van der Waals surface area contributed by atoms with Crippen molar-refractivity contribution >= 4 is 5.84 Å². The lowest BCUT2D eigenvalue weighted by molar-refractivity contribution is -0.534. The number of amidine groups is 1. The van der Waals surface area contributed by atoms with E-state index >= 15 is 0 Å². The predicted molar refractivity (Wildman–Crippen MR) is 71.6 cm³/mol. The van der Waals surface area contributed by atoms with Gasteiger partial charge in [0, 0.05) is 12.0 Å². The van der Waals surface area contributed by atoms with Gasteiger partial charge in [-0.1, -0.05) is 30.3 Å². The van der Waals surface area contributed by atoms with E-state index < -0.39 is 5.72 Å². The molecule has 1 atom stereocenters. The van der Waals surface area contributed by atoms with Gasteiger partial charge in [0.05, 0.1) is 13.6 Å². The number of aliphatic hydroxyl groups is 1. The molecule has 0 unspecified atom stereocenters. The van der Waals surface area contributed by atoms with E-state index in [9.17, 15) is 5.11 Å². The van der Waals surface area contributed by atoms with Crippen LogP contribution in [-0.4, -0.2) is 40.6 Å². The molecule has 0 aliphatic carbocycles. The second kappa shape index (κ2) is 4.39. The van der Waals surface area contributed by atoms with Crippen molar-refractivity contribution in [3.63, 3.8) is 0 Å². The molecular weight excluding hydrogens is 224 g/mol. The molecule has 1 aromatic rings. The number of likely N-dealkylation sites (N-methyl/N-ethyl adjacent to an activating group) is 1. The molecule has 0 fully saturated rings. The van der Waals surface area contributed by atoms with Crippen LogP contribution in [0.4, 0.5) is 0 Å². The van der Waals surface area contributed by atoms with Gasteiger partial charge in [-0.25, -0.2) is 4.90 Å². The first kappa shape index (κ1) is 11.7. The summed E-state index contributed by atoms with van der Waals surface area (Å²) in [5.74, 6) is 1.30. The van der Waals surface area contributed by atoms with Crippen LogP contribution in [0, 0.1) is 0 Å². The van der Waals surface area contributed by atoms with Gasteiger partial charge in [-0.3, -0.25) is 4.58 Å². The minimum atomic E-state index is -0.853. The van der Waals surface area contributed by atoms with Crippen LogP contribution < -0.4 is 0 Å². The average Bonchev–Trinajstić information content (AvgIpc) is 2.58. The van der Waals surface area contributed by atoms with Crippen LogP contribution in [0.5, 0.6) is 0 Å². The molecular formula is C15H21N2O+. The fourth-order valence-electron chi connectivity index (χ4n) is 3.18. The van der Waals surface area contributed by atoms with E-state index in [0.29, 0.717) is 6.54 Å². The average molecular weight is 245 g/mol. The fourth-order valence-corrected chi connectivity index (χ4v) is 3.18. The zero-order valence-electron chi connectivity index (χ0n) is 11.0. The van der Waals surface area contributed by atoms with E-state index in [0.717, 1.165) is 18.5 Å². The summed E-state index contributed by atoms with van der Waals surface area (Å²) in [5.41, 5.74) is 0.140. The molecule has 0 bridgehead atoms. The van der Waals surface area contributed by atoms with Gasteiger partial charge < -0.3 is 5.11 Å². The van der Waals surface area contributed by atoms with Crippen LogP contribution in [0.25, 0.3) is 0 Å². The summed E-state index contributed by atoms with van der Waals surface area (Å²) in [6.45, 7) is 1.78. The van der Waals surface area contributed by atoms with Gasteiger partial charge in [0.15, 0.2) is 6.54 Å². The normalized spacial score (nSPS) is 28.2. The molecule has 1 aromatic carbocycles. The van der Waals surface area contributed by atoms with Crippen molar-refractivity contribution in [3.8, 4) is 0 Å². The maximum Gasteiger partial charge on any atom is 0.270 e. The van der Waals surface area contributed by atoms with E-state index in [-0.39, 0.29) is 0 Å². The Morgan fingerprint density at radius 2 is 1.94 bits per heavy atom. The van der Waals surface area contributed by atoms with Crippen molar-refractivity contribution in [2.24, 2.45) is 0 Å². The van der Waals surface area contributed by atoms with E-state index in [4.69, 9.17) is 0 Å². The quantitative estimate of drug-likeness (QED) is 0.763. The van der Waals surface area contributed by atoms with Crippen LogP contribution in [0.1, 0.15) is 31.2 Å². The van der Waals surface area contributed by atoms with Crippen molar-refractivity contribution in [3.05, 3.63) is 35.9 Å². The second-order valence-corrected chi connectivity index (χ2v) is 5.39. The van der Waals surface area contributed by atoms with Gasteiger partial charge in [-0.15, -0.1) is 0 Å². The first-order valence-corrected chi connectivity index (χ1v) is 6.84. The monoisotopic (exact) mass is 245 g/mol. The lowest BCUT2D eigenvalue weighted by atomic mass is 10.0. The maximum absolute atomic E-state index is 11.0. The van der Waals surface area contributed by atoms with Gasteiger partial charge in [0.2, 0.25) is 5.84 Å². The fraction of sp³-hybridized carbons (Fsp3) is 0.533. The zero-order chi connectivity index (χ0) is 12.6. The number of rotatable bonds is 1. The zero-order valence-corrected chi connectivity index (χ0v) is 11.0. The first-order chi connectivity index (χ1) is 8.72. The summed E-state index contributed by atoms with van der Waals surface area (Å²) in [4.78, 5) is 2.08. The number of hydrogen-bond acceptors (Lipinski definition) is 2. The Hall–Kier alpha value is -1.35. The second-order valence-electron chi connectivity index (χ2n) is 5.39. The Balaban J connectivity index is 1.94. The SMILES string of the molecule is CN1C2=[N+](CCCCC2)C[C@@]1(O)c1ccccc1. The summed E-state index contributed by atoms with van der Waals surface area (Å²) in [6.07, 6.45) is 4.87. The first-order valence-electron chi connectivity index (χ1n) is 6.84.